The lowest BCUT2D eigenvalue weighted by Gasteiger charge is -2.16. The Morgan fingerprint density at radius 2 is 1.93 bits per heavy atom. The van der Waals surface area contributed by atoms with E-state index < -0.39 is 0 Å². The summed E-state index contributed by atoms with van der Waals surface area (Å²) in [4.78, 5) is 25.6. The van der Waals surface area contributed by atoms with Crippen LogP contribution >= 0.6 is 35.3 Å². The van der Waals surface area contributed by atoms with Crippen LogP contribution in [0, 0.1) is 0 Å². The van der Waals surface area contributed by atoms with E-state index in [2.05, 4.69) is 32.7 Å². The molecule has 0 saturated heterocycles. The number of aromatic nitrogens is 1. The van der Waals surface area contributed by atoms with E-state index in [0.717, 1.165) is 42.8 Å². The minimum atomic E-state index is 0. The number of amides is 1. The van der Waals surface area contributed by atoms with E-state index in [0.29, 0.717) is 19.5 Å². The zero-order chi connectivity index (χ0) is 20.6. The second-order valence-electron chi connectivity index (χ2n) is 7.26. The van der Waals surface area contributed by atoms with Gasteiger partial charge in [0.05, 0.1) is 12.2 Å². The lowest BCUT2D eigenvalue weighted by molar-refractivity contribution is -0.131. The first-order valence-electron chi connectivity index (χ1n) is 10.0. The zero-order valence-corrected chi connectivity index (χ0v) is 21.0. The van der Waals surface area contributed by atoms with Gasteiger partial charge in [-0.15, -0.1) is 35.3 Å². The van der Waals surface area contributed by atoms with E-state index in [1.807, 2.05) is 48.3 Å². The number of guanidine groups is 1. The molecule has 164 valence electrons. The quantitative estimate of drug-likeness (QED) is 0.232. The van der Waals surface area contributed by atoms with Gasteiger partial charge in [-0.1, -0.05) is 24.3 Å². The molecule has 0 bridgehead atoms. The van der Waals surface area contributed by atoms with Crippen molar-refractivity contribution in [2.24, 2.45) is 4.99 Å². The van der Waals surface area contributed by atoms with Crippen LogP contribution in [0.25, 0.3) is 0 Å². The minimum Gasteiger partial charge on any atom is -0.357 e. The van der Waals surface area contributed by atoms with Gasteiger partial charge in [-0.3, -0.25) is 4.79 Å². The highest BCUT2D eigenvalue weighted by atomic mass is 127. The first-order valence-corrected chi connectivity index (χ1v) is 10.9. The Labute approximate surface area is 200 Å². The highest BCUT2D eigenvalue weighted by molar-refractivity contribution is 14.0. The van der Waals surface area contributed by atoms with Crippen LogP contribution in [0.5, 0.6) is 0 Å². The minimum absolute atomic E-state index is 0. The number of thiazole rings is 1. The second-order valence-corrected chi connectivity index (χ2v) is 8.10. The molecular formula is C21H31IN6OS. The monoisotopic (exact) mass is 542 g/mol. The molecule has 0 saturated carbocycles. The average Bonchev–Trinajstić information content (AvgIpc) is 3.36. The molecule has 1 aliphatic heterocycles. The van der Waals surface area contributed by atoms with Gasteiger partial charge >= 0.3 is 0 Å². The lowest BCUT2D eigenvalue weighted by Crippen LogP contribution is -2.38. The zero-order valence-electron chi connectivity index (χ0n) is 17.9. The molecule has 0 radical (unpaired) electrons. The molecule has 1 aliphatic rings. The molecule has 0 aliphatic carbocycles. The van der Waals surface area contributed by atoms with Gasteiger partial charge in [-0.05, 0) is 24.5 Å². The van der Waals surface area contributed by atoms with E-state index in [1.165, 1.54) is 11.1 Å². The molecule has 1 aromatic heterocycles. The van der Waals surface area contributed by atoms with Crippen LogP contribution in [0.2, 0.25) is 0 Å². The number of benzene rings is 1. The SMILES string of the molecule is CCNC(=NCc1csc(N(C)C)n1)NCCCC(=O)N1Cc2ccccc2C1.I. The first-order chi connectivity index (χ1) is 14.1. The highest BCUT2D eigenvalue weighted by Gasteiger charge is 2.22. The maximum atomic E-state index is 12.5. The number of halogens is 1. The highest BCUT2D eigenvalue weighted by Crippen LogP contribution is 2.23. The van der Waals surface area contributed by atoms with Gasteiger partial charge < -0.3 is 20.4 Å². The van der Waals surface area contributed by atoms with E-state index >= 15 is 0 Å². The number of anilines is 1. The van der Waals surface area contributed by atoms with Gasteiger partial charge in [-0.25, -0.2) is 9.98 Å². The van der Waals surface area contributed by atoms with Crippen molar-refractivity contribution in [3.8, 4) is 0 Å². The first kappa shape index (κ1) is 24.4. The van der Waals surface area contributed by atoms with Gasteiger partial charge in [0.15, 0.2) is 11.1 Å². The van der Waals surface area contributed by atoms with Crippen LogP contribution < -0.4 is 15.5 Å². The maximum absolute atomic E-state index is 12.5. The molecule has 0 atom stereocenters. The second kappa shape index (κ2) is 12.1. The van der Waals surface area contributed by atoms with E-state index in [1.54, 1.807) is 11.3 Å². The van der Waals surface area contributed by atoms with E-state index in [9.17, 15) is 4.79 Å². The standard InChI is InChI=1S/C21H30N6OS.HI/c1-4-22-20(24-12-18-15-29-21(25-18)26(2)3)23-11-7-10-19(28)27-13-16-8-5-6-9-17(16)14-27;/h5-6,8-9,15H,4,7,10-14H2,1-3H3,(H2,22,23,24);1H. The number of carbonyl (C=O) groups excluding carboxylic acids is 1. The summed E-state index contributed by atoms with van der Waals surface area (Å²) < 4.78 is 0. The van der Waals surface area contributed by atoms with Crippen LogP contribution in [-0.2, 0) is 24.4 Å². The molecule has 30 heavy (non-hydrogen) atoms. The fourth-order valence-electron chi connectivity index (χ4n) is 3.19. The summed E-state index contributed by atoms with van der Waals surface area (Å²) in [6.07, 6.45) is 1.32. The molecule has 2 heterocycles. The Balaban J connectivity index is 0.00000320. The molecule has 0 unspecified atom stereocenters. The summed E-state index contributed by atoms with van der Waals surface area (Å²) in [6.45, 7) is 5.53. The Morgan fingerprint density at radius 3 is 2.53 bits per heavy atom. The van der Waals surface area contributed by atoms with Crippen LogP contribution in [0.3, 0.4) is 0 Å². The number of carbonyl (C=O) groups is 1. The summed E-state index contributed by atoms with van der Waals surface area (Å²) in [5.74, 6) is 0.969. The summed E-state index contributed by atoms with van der Waals surface area (Å²) in [7, 11) is 3.97. The Bertz CT molecular complexity index is 829. The van der Waals surface area contributed by atoms with Crippen molar-refractivity contribution in [1.82, 2.24) is 20.5 Å². The molecule has 0 fully saturated rings. The molecular weight excluding hydrogens is 511 g/mol. The summed E-state index contributed by atoms with van der Waals surface area (Å²) >= 11 is 1.62. The Hall–Kier alpha value is -1.88. The maximum Gasteiger partial charge on any atom is 0.223 e. The fraction of sp³-hybridized carbons (Fsp3) is 0.476. The number of aliphatic imine (C=N–C) groups is 1. The number of nitrogens with zero attached hydrogens (tertiary/aromatic N) is 4. The lowest BCUT2D eigenvalue weighted by atomic mass is 10.1. The van der Waals surface area contributed by atoms with Gasteiger partial charge in [-0.2, -0.15) is 0 Å². The van der Waals surface area contributed by atoms with E-state index in [4.69, 9.17) is 0 Å². The topological polar surface area (TPSA) is 72.9 Å². The van der Waals surface area contributed by atoms with Crippen LogP contribution in [0.1, 0.15) is 36.6 Å². The third kappa shape index (κ3) is 6.83. The van der Waals surface area contributed by atoms with E-state index in [-0.39, 0.29) is 29.9 Å². The van der Waals surface area contributed by atoms with Crippen LogP contribution in [-0.4, -0.2) is 48.9 Å². The summed E-state index contributed by atoms with van der Waals surface area (Å²) in [6, 6.07) is 8.27. The number of hydrogen-bond donors (Lipinski definition) is 2. The third-order valence-corrected chi connectivity index (χ3v) is 5.78. The molecule has 2 aromatic rings. The van der Waals surface area contributed by atoms with Gasteiger partial charge in [0.2, 0.25) is 5.91 Å². The molecule has 9 heteroatoms. The predicted octanol–water partition coefficient (Wildman–Crippen LogP) is 3.20. The van der Waals surface area contributed by atoms with Crippen molar-refractivity contribution in [3.05, 3.63) is 46.5 Å². The number of fused-ring (bicyclic) bond motifs is 1. The number of nitrogens with one attached hydrogen (secondary N) is 2. The Kier molecular flexibility index (Phi) is 9.83. The van der Waals surface area contributed by atoms with Gasteiger partial charge in [0.1, 0.15) is 0 Å². The number of rotatable bonds is 8. The summed E-state index contributed by atoms with van der Waals surface area (Å²) in [5, 5.41) is 9.58. The predicted molar refractivity (Wildman–Crippen MR) is 135 cm³/mol. The summed E-state index contributed by atoms with van der Waals surface area (Å²) in [5.41, 5.74) is 3.49. The smallest absolute Gasteiger partial charge is 0.223 e. The molecule has 7 nitrogen and oxygen atoms in total. The normalized spacial score (nSPS) is 12.9. The third-order valence-electron chi connectivity index (χ3n) is 4.72. The average molecular weight is 542 g/mol. The molecule has 1 amide bonds. The van der Waals surface area contributed by atoms with Crippen molar-refractivity contribution >= 4 is 52.3 Å². The Morgan fingerprint density at radius 1 is 1.23 bits per heavy atom. The van der Waals surface area contributed by atoms with Crippen molar-refractivity contribution in [1.29, 1.82) is 0 Å². The largest absolute Gasteiger partial charge is 0.357 e. The number of hydrogen-bond acceptors (Lipinski definition) is 5. The fourth-order valence-corrected chi connectivity index (χ4v) is 3.94. The molecule has 3 rings (SSSR count). The van der Waals surface area contributed by atoms with Gasteiger partial charge in [0, 0.05) is 52.1 Å². The van der Waals surface area contributed by atoms with Crippen molar-refractivity contribution in [3.63, 3.8) is 0 Å². The van der Waals surface area contributed by atoms with Crippen molar-refractivity contribution in [2.45, 2.75) is 39.4 Å². The molecule has 2 N–H and O–H groups in total. The van der Waals surface area contributed by atoms with Crippen LogP contribution in [0.15, 0.2) is 34.6 Å². The van der Waals surface area contributed by atoms with Gasteiger partial charge in [0.25, 0.3) is 0 Å². The van der Waals surface area contributed by atoms with Crippen molar-refractivity contribution in [2.75, 3.05) is 32.1 Å². The molecule has 1 aromatic carbocycles. The van der Waals surface area contributed by atoms with Crippen LogP contribution in [0.4, 0.5) is 5.13 Å². The molecule has 0 spiro atoms. The van der Waals surface area contributed by atoms with Crippen molar-refractivity contribution < 1.29 is 4.79 Å².